The summed E-state index contributed by atoms with van der Waals surface area (Å²) in [6, 6.07) is 4.89. The van der Waals surface area contributed by atoms with E-state index in [0.29, 0.717) is 0 Å². The van der Waals surface area contributed by atoms with E-state index >= 15 is 0 Å². The maximum absolute atomic E-state index is 14.1. The molecule has 8 nitrogen and oxygen atoms in total. The van der Waals surface area contributed by atoms with Gasteiger partial charge in [0.2, 0.25) is 5.88 Å². The monoisotopic (exact) mass is 299 g/mol. The zero-order valence-electron chi connectivity index (χ0n) is 11.1. The Balaban J connectivity index is 2.80. The van der Waals surface area contributed by atoms with Gasteiger partial charge in [0.1, 0.15) is 35.4 Å². The number of methoxy groups -OCH3 is 1. The molecule has 22 heavy (non-hydrogen) atoms. The van der Waals surface area contributed by atoms with Crippen LogP contribution in [-0.2, 0) is 0 Å². The molecule has 0 unspecified atom stereocenters. The number of nitro benzene ring substituents is 1. The van der Waals surface area contributed by atoms with Gasteiger partial charge < -0.3 is 4.74 Å². The largest absolute Gasteiger partial charge is 0.480 e. The predicted octanol–water partition coefficient (Wildman–Crippen LogP) is 1.94. The molecule has 0 radical (unpaired) electrons. The molecule has 9 heteroatoms. The van der Waals surface area contributed by atoms with Gasteiger partial charge in [0.05, 0.1) is 17.7 Å². The minimum absolute atomic E-state index is 0.0843. The fourth-order valence-electron chi connectivity index (χ4n) is 1.81. The highest BCUT2D eigenvalue weighted by Gasteiger charge is 2.23. The first-order chi connectivity index (χ1) is 10.5. The van der Waals surface area contributed by atoms with Crippen molar-refractivity contribution in [3.05, 3.63) is 45.5 Å². The van der Waals surface area contributed by atoms with E-state index in [9.17, 15) is 14.5 Å². The van der Waals surface area contributed by atoms with Crippen LogP contribution >= 0.6 is 0 Å². The Kier molecular flexibility index (Phi) is 3.91. The Morgan fingerprint density at radius 2 is 2.05 bits per heavy atom. The standard InChI is InChI=1S/C13H6FN5O3/c1-22-13-9(5-16)12(17-6-18-13)8-3-11(19(20)21)7(4-15)2-10(8)14/h2-3,6H,1H3. The molecule has 0 bridgehead atoms. The summed E-state index contributed by atoms with van der Waals surface area (Å²) in [5.74, 6) is -1.00. The number of ether oxygens (including phenoxy) is 1. The van der Waals surface area contributed by atoms with E-state index in [1.807, 2.05) is 0 Å². The van der Waals surface area contributed by atoms with Crippen molar-refractivity contribution in [3.8, 4) is 29.3 Å². The fraction of sp³-hybridized carbons (Fsp3) is 0.0769. The normalized spacial score (nSPS) is 9.64. The lowest BCUT2D eigenvalue weighted by atomic mass is 10.0. The summed E-state index contributed by atoms with van der Waals surface area (Å²) in [4.78, 5) is 17.6. The molecule has 1 heterocycles. The highest BCUT2D eigenvalue weighted by atomic mass is 19.1. The average Bonchev–Trinajstić information content (AvgIpc) is 2.53. The minimum atomic E-state index is -0.917. The lowest BCUT2D eigenvalue weighted by Crippen LogP contribution is -2.01. The zero-order chi connectivity index (χ0) is 16.3. The molecule has 0 spiro atoms. The molecule has 0 amide bonds. The molecule has 0 aliphatic carbocycles. The van der Waals surface area contributed by atoms with E-state index in [2.05, 4.69) is 9.97 Å². The van der Waals surface area contributed by atoms with Crippen LogP contribution in [0.2, 0.25) is 0 Å². The molecule has 0 aliphatic heterocycles. The Bertz CT molecular complexity index is 854. The molecule has 0 atom stereocenters. The Morgan fingerprint density at radius 3 is 2.59 bits per heavy atom. The van der Waals surface area contributed by atoms with E-state index < -0.39 is 22.0 Å². The summed E-state index contributed by atoms with van der Waals surface area (Å²) in [5.41, 5.74) is -1.61. The molecule has 1 aromatic carbocycles. The molecule has 0 aliphatic rings. The number of halogens is 1. The lowest BCUT2D eigenvalue weighted by Gasteiger charge is -2.08. The van der Waals surface area contributed by atoms with E-state index in [1.54, 1.807) is 12.1 Å². The van der Waals surface area contributed by atoms with Crippen molar-refractivity contribution in [1.29, 1.82) is 10.5 Å². The highest BCUT2D eigenvalue weighted by molar-refractivity contribution is 5.72. The topological polar surface area (TPSA) is 126 Å². The molecular formula is C13H6FN5O3. The van der Waals surface area contributed by atoms with Gasteiger partial charge in [-0.3, -0.25) is 10.1 Å². The summed E-state index contributed by atoms with van der Waals surface area (Å²) >= 11 is 0. The van der Waals surface area contributed by atoms with Gasteiger partial charge in [-0.1, -0.05) is 0 Å². The van der Waals surface area contributed by atoms with Gasteiger partial charge in [-0.15, -0.1) is 0 Å². The van der Waals surface area contributed by atoms with Crippen molar-refractivity contribution in [2.24, 2.45) is 0 Å². The third kappa shape index (κ3) is 2.39. The number of benzene rings is 1. The van der Waals surface area contributed by atoms with E-state index in [4.69, 9.17) is 15.3 Å². The predicted molar refractivity (Wildman–Crippen MR) is 70.1 cm³/mol. The molecule has 0 fully saturated rings. The van der Waals surface area contributed by atoms with Gasteiger partial charge in [0.15, 0.2) is 0 Å². The molecule has 0 saturated heterocycles. The SMILES string of the molecule is COc1ncnc(-c2cc([N+](=O)[O-])c(C#N)cc2F)c1C#N. The second-order valence-electron chi connectivity index (χ2n) is 3.94. The zero-order valence-corrected chi connectivity index (χ0v) is 11.1. The maximum atomic E-state index is 14.1. The van der Waals surface area contributed by atoms with Crippen molar-refractivity contribution in [1.82, 2.24) is 9.97 Å². The number of hydrogen-bond acceptors (Lipinski definition) is 7. The Labute approximate surface area is 123 Å². The van der Waals surface area contributed by atoms with E-state index in [1.165, 1.54) is 7.11 Å². The third-order valence-electron chi connectivity index (χ3n) is 2.78. The first kappa shape index (κ1) is 14.8. The maximum Gasteiger partial charge on any atom is 0.287 e. The number of nitro groups is 1. The fourth-order valence-corrected chi connectivity index (χ4v) is 1.81. The van der Waals surface area contributed by atoms with Gasteiger partial charge in [-0.25, -0.2) is 14.4 Å². The van der Waals surface area contributed by atoms with Crippen molar-refractivity contribution < 1.29 is 14.1 Å². The van der Waals surface area contributed by atoms with Crippen LogP contribution in [0.5, 0.6) is 5.88 Å². The van der Waals surface area contributed by atoms with Crippen LogP contribution in [0.15, 0.2) is 18.5 Å². The van der Waals surface area contributed by atoms with Crippen LogP contribution in [0.4, 0.5) is 10.1 Å². The van der Waals surface area contributed by atoms with Crippen molar-refractivity contribution in [3.63, 3.8) is 0 Å². The van der Waals surface area contributed by atoms with Crippen LogP contribution in [0.1, 0.15) is 11.1 Å². The minimum Gasteiger partial charge on any atom is -0.480 e. The number of rotatable bonds is 3. The summed E-state index contributed by atoms with van der Waals surface area (Å²) in [7, 11) is 1.27. The van der Waals surface area contributed by atoms with E-state index in [-0.39, 0.29) is 22.7 Å². The second kappa shape index (κ2) is 5.81. The van der Waals surface area contributed by atoms with Gasteiger partial charge >= 0.3 is 0 Å². The third-order valence-corrected chi connectivity index (χ3v) is 2.78. The molecule has 2 rings (SSSR count). The summed E-state index contributed by atoms with van der Waals surface area (Å²) < 4.78 is 19.0. The first-order valence-corrected chi connectivity index (χ1v) is 5.71. The number of nitrogens with zero attached hydrogens (tertiary/aromatic N) is 5. The summed E-state index contributed by atoms with van der Waals surface area (Å²) in [5, 5.41) is 28.9. The van der Waals surface area contributed by atoms with Crippen LogP contribution in [0.25, 0.3) is 11.3 Å². The molecule has 0 saturated carbocycles. The van der Waals surface area contributed by atoms with Crippen LogP contribution in [-0.4, -0.2) is 22.0 Å². The van der Waals surface area contributed by atoms with Gasteiger partial charge in [-0.2, -0.15) is 10.5 Å². The van der Waals surface area contributed by atoms with Crippen LogP contribution in [0.3, 0.4) is 0 Å². The second-order valence-corrected chi connectivity index (χ2v) is 3.94. The molecule has 2 aromatic rings. The number of aromatic nitrogens is 2. The Hall–Kier alpha value is -3.59. The first-order valence-electron chi connectivity index (χ1n) is 5.71. The van der Waals surface area contributed by atoms with Gasteiger partial charge in [0.25, 0.3) is 5.69 Å². The number of hydrogen-bond donors (Lipinski definition) is 0. The quantitative estimate of drug-likeness (QED) is 0.626. The van der Waals surface area contributed by atoms with Gasteiger partial charge in [-0.05, 0) is 6.07 Å². The molecule has 108 valence electrons. The number of nitriles is 2. The summed E-state index contributed by atoms with van der Waals surface area (Å²) in [6.07, 6.45) is 1.04. The smallest absolute Gasteiger partial charge is 0.287 e. The van der Waals surface area contributed by atoms with Gasteiger partial charge in [0, 0.05) is 11.6 Å². The van der Waals surface area contributed by atoms with E-state index in [0.717, 1.165) is 18.5 Å². The molecule has 1 aromatic heterocycles. The average molecular weight is 299 g/mol. The molecular weight excluding hydrogens is 293 g/mol. The lowest BCUT2D eigenvalue weighted by molar-refractivity contribution is -0.385. The van der Waals surface area contributed by atoms with Crippen molar-refractivity contribution in [2.75, 3.05) is 7.11 Å². The summed E-state index contributed by atoms with van der Waals surface area (Å²) in [6.45, 7) is 0. The van der Waals surface area contributed by atoms with Crippen molar-refractivity contribution >= 4 is 5.69 Å². The van der Waals surface area contributed by atoms with Crippen LogP contribution < -0.4 is 4.74 Å². The Morgan fingerprint density at radius 1 is 1.32 bits per heavy atom. The molecule has 0 N–H and O–H groups in total. The highest BCUT2D eigenvalue weighted by Crippen LogP contribution is 2.32. The van der Waals surface area contributed by atoms with Crippen molar-refractivity contribution in [2.45, 2.75) is 0 Å². The van der Waals surface area contributed by atoms with Crippen LogP contribution in [0, 0.1) is 38.6 Å².